The SMILES string of the molecule is CCCC1(CN2CCN3CCCCC3C2)CCCNC1. The van der Waals surface area contributed by atoms with Gasteiger partial charge in [-0.3, -0.25) is 9.80 Å². The third-order valence-corrected chi connectivity index (χ3v) is 5.82. The molecule has 2 unspecified atom stereocenters. The summed E-state index contributed by atoms with van der Waals surface area (Å²) in [6.45, 7) is 11.5. The summed E-state index contributed by atoms with van der Waals surface area (Å²) >= 11 is 0. The number of piperidine rings is 2. The molecule has 2 atom stereocenters. The van der Waals surface area contributed by atoms with Crippen molar-refractivity contribution in [3.05, 3.63) is 0 Å². The van der Waals surface area contributed by atoms with Gasteiger partial charge < -0.3 is 5.32 Å². The zero-order valence-corrected chi connectivity index (χ0v) is 13.4. The van der Waals surface area contributed by atoms with Gasteiger partial charge >= 0.3 is 0 Å². The van der Waals surface area contributed by atoms with E-state index in [-0.39, 0.29) is 0 Å². The highest BCUT2D eigenvalue weighted by atomic mass is 15.3. The molecule has 3 saturated heterocycles. The fraction of sp³-hybridized carbons (Fsp3) is 1.00. The van der Waals surface area contributed by atoms with E-state index in [0.29, 0.717) is 5.41 Å². The second kappa shape index (κ2) is 6.76. The molecular weight excluding hydrogens is 246 g/mol. The second-order valence-corrected chi connectivity index (χ2v) is 7.45. The van der Waals surface area contributed by atoms with Crippen LogP contribution < -0.4 is 5.32 Å². The zero-order valence-electron chi connectivity index (χ0n) is 13.4. The molecule has 3 heteroatoms. The van der Waals surface area contributed by atoms with Gasteiger partial charge in [0.2, 0.25) is 0 Å². The average Bonchev–Trinajstić information content (AvgIpc) is 2.48. The Morgan fingerprint density at radius 3 is 2.90 bits per heavy atom. The minimum atomic E-state index is 0.573. The number of fused-ring (bicyclic) bond motifs is 1. The molecule has 3 nitrogen and oxygen atoms in total. The van der Waals surface area contributed by atoms with Gasteiger partial charge in [0.1, 0.15) is 0 Å². The molecule has 3 aliphatic heterocycles. The standard InChI is InChI=1S/C17H33N3/c1-2-7-17(8-5-9-18-14-17)15-19-11-12-20-10-4-3-6-16(20)13-19/h16,18H,2-15H2,1H3. The first-order valence-electron chi connectivity index (χ1n) is 8.98. The van der Waals surface area contributed by atoms with Crippen LogP contribution >= 0.6 is 0 Å². The molecule has 0 saturated carbocycles. The van der Waals surface area contributed by atoms with Gasteiger partial charge in [-0.1, -0.05) is 19.8 Å². The quantitative estimate of drug-likeness (QED) is 0.852. The normalized spacial score (nSPS) is 36.8. The van der Waals surface area contributed by atoms with Crippen LogP contribution in [-0.2, 0) is 0 Å². The van der Waals surface area contributed by atoms with Crippen LogP contribution in [0.15, 0.2) is 0 Å². The lowest BCUT2D eigenvalue weighted by Gasteiger charge is -2.48. The number of nitrogens with one attached hydrogen (secondary N) is 1. The Morgan fingerprint density at radius 2 is 2.10 bits per heavy atom. The average molecular weight is 279 g/mol. The lowest BCUT2D eigenvalue weighted by molar-refractivity contribution is 0.0168. The Kier molecular flexibility index (Phi) is 5.00. The maximum Gasteiger partial charge on any atom is 0.0223 e. The molecule has 0 aromatic rings. The van der Waals surface area contributed by atoms with E-state index in [1.807, 2.05) is 0 Å². The van der Waals surface area contributed by atoms with Gasteiger partial charge in [-0.05, 0) is 50.6 Å². The largest absolute Gasteiger partial charge is 0.316 e. The van der Waals surface area contributed by atoms with Crippen molar-refractivity contribution in [1.82, 2.24) is 15.1 Å². The third kappa shape index (κ3) is 3.37. The zero-order chi connectivity index (χ0) is 13.8. The van der Waals surface area contributed by atoms with Crippen LogP contribution in [0.3, 0.4) is 0 Å². The summed E-state index contributed by atoms with van der Waals surface area (Å²) in [5.74, 6) is 0. The molecule has 0 amide bonds. The molecule has 0 spiro atoms. The number of hydrogen-bond acceptors (Lipinski definition) is 3. The summed E-state index contributed by atoms with van der Waals surface area (Å²) in [4.78, 5) is 5.56. The summed E-state index contributed by atoms with van der Waals surface area (Å²) in [6.07, 6.45) is 9.89. The Morgan fingerprint density at radius 1 is 1.15 bits per heavy atom. The van der Waals surface area contributed by atoms with Crippen LogP contribution in [0.1, 0.15) is 51.9 Å². The summed E-state index contributed by atoms with van der Waals surface area (Å²) < 4.78 is 0. The summed E-state index contributed by atoms with van der Waals surface area (Å²) in [5, 5.41) is 3.67. The van der Waals surface area contributed by atoms with Crippen LogP contribution in [-0.4, -0.2) is 61.7 Å². The number of hydrogen-bond donors (Lipinski definition) is 1. The molecule has 3 fully saturated rings. The highest BCUT2D eigenvalue weighted by molar-refractivity contribution is 4.92. The van der Waals surface area contributed by atoms with Gasteiger partial charge in [-0.2, -0.15) is 0 Å². The Hall–Kier alpha value is -0.120. The van der Waals surface area contributed by atoms with Gasteiger partial charge in [0.15, 0.2) is 0 Å². The fourth-order valence-corrected chi connectivity index (χ4v) is 4.83. The minimum absolute atomic E-state index is 0.573. The van der Waals surface area contributed by atoms with Gasteiger partial charge in [-0.15, -0.1) is 0 Å². The van der Waals surface area contributed by atoms with E-state index in [1.54, 1.807) is 0 Å². The van der Waals surface area contributed by atoms with E-state index in [4.69, 9.17) is 0 Å². The number of piperazine rings is 1. The first-order valence-corrected chi connectivity index (χ1v) is 8.98. The van der Waals surface area contributed by atoms with Gasteiger partial charge in [0, 0.05) is 38.8 Å². The molecule has 3 rings (SSSR count). The first-order chi connectivity index (χ1) is 9.81. The van der Waals surface area contributed by atoms with Crippen molar-refractivity contribution in [3.8, 4) is 0 Å². The predicted molar refractivity (Wildman–Crippen MR) is 85.1 cm³/mol. The molecule has 0 aliphatic carbocycles. The number of nitrogens with zero attached hydrogens (tertiary/aromatic N) is 2. The molecule has 20 heavy (non-hydrogen) atoms. The molecule has 3 aliphatic rings. The van der Waals surface area contributed by atoms with Crippen molar-refractivity contribution in [3.63, 3.8) is 0 Å². The summed E-state index contributed by atoms with van der Waals surface area (Å²) in [5.41, 5.74) is 0.573. The van der Waals surface area contributed by atoms with Crippen molar-refractivity contribution < 1.29 is 0 Å². The van der Waals surface area contributed by atoms with E-state index in [2.05, 4.69) is 22.0 Å². The van der Waals surface area contributed by atoms with Crippen LogP contribution in [0.2, 0.25) is 0 Å². The van der Waals surface area contributed by atoms with E-state index in [9.17, 15) is 0 Å². The molecule has 0 bridgehead atoms. The van der Waals surface area contributed by atoms with Gasteiger partial charge in [-0.25, -0.2) is 0 Å². The number of rotatable bonds is 4. The van der Waals surface area contributed by atoms with Crippen molar-refractivity contribution in [1.29, 1.82) is 0 Å². The van der Waals surface area contributed by atoms with Crippen LogP contribution in [0.5, 0.6) is 0 Å². The molecule has 0 aromatic heterocycles. The molecular formula is C17H33N3. The Labute approximate surface area is 125 Å². The smallest absolute Gasteiger partial charge is 0.0223 e. The van der Waals surface area contributed by atoms with E-state index in [1.165, 1.54) is 90.8 Å². The Balaban J connectivity index is 1.58. The minimum Gasteiger partial charge on any atom is -0.316 e. The third-order valence-electron chi connectivity index (χ3n) is 5.82. The van der Waals surface area contributed by atoms with Crippen molar-refractivity contribution in [2.24, 2.45) is 5.41 Å². The Bertz CT molecular complexity index is 293. The maximum absolute atomic E-state index is 3.67. The van der Waals surface area contributed by atoms with Crippen LogP contribution in [0, 0.1) is 5.41 Å². The fourth-order valence-electron chi connectivity index (χ4n) is 4.83. The first kappa shape index (κ1) is 14.8. The van der Waals surface area contributed by atoms with E-state index >= 15 is 0 Å². The lowest BCUT2D eigenvalue weighted by Crippen LogP contribution is -2.58. The van der Waals surface area contributed by atoms with Crippen molar-refractivity contribution >= 4 is 0 Å². The highest BCUT2D eigenvalue weighted by Crippen LogP contribution is 2.33. The highest BCUT2D eigenvalue weighted by Gasteiger charge is 2.36. The molecule has 0 radical (unpaired) electrons. The summed E-state index contributed by atoms with van der Waals surface area (Å²) in [6, 6.07) is 0.868. The monoisotopic (exact) mass is 279 g/mol. The van der Waals surface area contributed by atoms with Crippen LogP contribution in [0.4, 0.5) is 0 Å². The van der Waals surface area contributed by atoms with Crippen molar-refractivity contribution in [2.45, 2.75) is 57.9 Å². The van der Waals surface area contributed by atoms with E-state index in [0.717, 1.165) is 6.04 Å². The predicted octanol–water partition coefficient (Wildman–Crippen LogP) is 2.33. The van der Waals surface area contributed by atoms with Crippen molar-refractivity contribution in [2.75, 3.05) is 45.8 Å². The second-order valence-electron chi connectivity index (χ2n) is 7.45. The molecule has 116 valence electrons. The lowest BCUT2D eigenvalue weighted by atomic mass is 9.76. The summed E-state index contributed by atoms with van der Waals surface area (Å²) in [7, 11) is 0. The molecule has 1 N–H and O–H groups in total. The van der Waals surface area contributed by atoms with Gasteiger partial charge in [0.05, 0.1) is 0 Å². The van der Waals surface area contributed by atoms with Crippen LogP contribution in [0.25, 0.3) is 0 Å². The molecule has 3 heterocycles. The van der Waals surface area contributed by atoms with Gasteiger partial charge in [0.25, 0.3) is 0 Å². The molecule has 0 aromatic carbocycles. The van der Waals surface area contributed by atoms with E-state index < -0.39 is 0 Å². The maximum atomic E-state index is 3.67. The topological polar surface area (TPSA) is 18.5 Å².